The minimum atomic E-state index is -0.272. The lowest BCUT2D eigenvalue weighted by Crippen LogP contribution is -2.29. The van der Waals surface area contributed by atoms with Gasteiger partial charge in [0.2, 0.25) is 0 Å². The lowest BCUT2D eigenvalue weighted by molar-refractivity contribution is 0.248. The molecule has 0 aliphatic carbocycles. The molecule has 0 radical (unpaired) electrons. The average Bonchev–Trinajstić information content (AvgIpc) is 2.67. The van der Waals surface area contributed by atoms with Gasteiger partial charge in [-0.25, -0.2) is 0 Å². The normalized spacial score (nSPS) is 16.2. The molecule has 0 aliphatic rings. The first-order chi connectivity index (χ1) is 12.6. The molecule has 2 unspecified atom stereocenters. The molecular weight excluding hydrogens is 316 g/mol. The summed E-state index contributed by atoms with van der Waals surface area (Å²) in [7, 11) is 0. The molecule has 0 aromatic heterocycles. The fraction of sp³-hybridized carbons (Fsp3) is 0.542. The van der Waals surface area contributed by atoms with E-state index < -0.39 is 0 Å². The van der Waals surface area contributed by atoms with Crippen LogP contribution in [0.25, 0.3) is 0 Å². The molecule has 0 aliphatic heterocycles. The van der Waals surface area contributed by atoms with Crippen molar-refractivity contribution in [3.8, 4) is 6.07 Å². The fourth-order valence-electron chi connectivity index (χ4n) is 3.21. The minimum Gasteiger partial charge on any atom is -0.316 e. The molecule has 0 heterocycles. The standard InChI is InChI=1S/C24H38N2/c1-6-11-15-22(9-4)17-20-26-19-13-18-24(10-5,21-25)23(14-8-3)16-12-7-2/h6-9,11-12,14-15,23,26H,4,10,13,16-20H2,1-3,5H3/b11-6+,12-7+,14-8+,22-15+. The molecule has 0 saturated carbocycles. The van der Waals surface area contributed by atoms with E-state index >= 15 is 0 Å². The molecule has 2 atom stereocenters. The lowest BCUT2D eigenvalue weighted by Gasteiger charge is -2.32. The van der Waals surface area contributed by atoms with Crippen LogP contribution in [0.2, 0.25) is 0 Å². The van der Waals surface area contributed by atoms with E-state index in [9.17, 15) is 5.26 Å². The summed E-state index contributed by atoms with van der Waals surface area (Å²) in [5.41, 5.74) is 0.973. The predicted octanol–water partition coefficient (Wildman–Crippen LogP) is 6.51. The number of allylic oxidation sites excluding steroid dienone is 8. The van der Waals surface area contributed by atoms with Crippen LogP contribution in [0.15, 0.2) is 60.8 Å². The average molecular weight is 355 g/mol. The highest BCUT2D eigenvalue weighted by Crippen LogP contribution is 2.39. The Morgan fingerprint density at radius 2 is 1.96 bits per heavy atom. The number of nitrogens with zero attached hydrogens (tertiary/aromatic N) is 1. The topological polar surface area (TPSA) is 35.8 Å². The first-order valence-electron chi connectivity index (χ1n) is 9.94. The summed E-state index contributed by atoms with van der Waals surface area (Å²) in [6, 6.07) is 2.66. The van der Waals surface area contributed by atoms with Gasteiger partial charge in [-0.05, 0) is 77.5 Å². The highest BCUT2D eigenvalue weighted by atomic mass is 14.8. The van der Waals surface area contributed by atoms with Gasteiger partial charge < -0.3 is 5.32 Å². The molecule has 26 heavy (non-hydrogen) atoms. The van der Waals surface area contributed by atoms with Gasteiger partial charge in [-0.15, -0.1) is 0 Å². The van der Waals surface area contributed by atoms with Crippen LogP contribution < -0.4 is 5.32 Å². The van der Waals surface area contributed by atoms with Crippen LogP contribution in [0, 0.1) is 22.7 Å². The third-order valence-corrected chi connectivity index (χ3v) is 4.95. The molecule has 2 heteroatoms. The summed E-state index contributed by atoms with van der Waals surface area (Å²) < 4.78 is 0. The van der Waals surface area contributed by atoms with E-state index in [0.717, 1.165) is 45.2 Å². The maximum atomic E-state index is 9.91. The molecule has 0 aromatic carbocycles. The molecule has 0 rings (SSSR count). The summed E-state index contributed by atoms with van der Waals surface area (Å²) in [5.74, 6) is 0.287. The van der Waals surface area contributed by atoms with E-state index in [2.05, 4.69) is 55.3 Å². The van der Waals surface area contributed by atoms with E-state index in [1.165, 1.54) is 5.57 Å². The Balaban J connectivity index is 4.56. The van der Waals surface area contributed by atoms with Crippen molar-refractivity contribution >= 4 is 0 Å². The van der Waals surface area contributed by atoms with Crippen molar-refractivity contribution in [2.75, 3.05) is 13.1 Å². The van der Waals surface area contributed by atoms with E-state index in [4.69, 9.17) is 0 Å². The van der Waals surface area contributed by atoms with Gasteiger partial charge in [-0.2, -0.15) is 5.26 Å². The number of hydrogen-bond acceptors (Lipinski definition) is 2. The summed E-state index contributed by atoms with van der Waals surface area (Å²) in [5, 5.41) is 13.4. The van der Waals surface area contributed by atoms with Crippen LogP contribution >= 0.6 is 0 Å². The van der Waals surface area contributed by atoms with Crippen LogP contribution in [-0.4, -0.2) is 13.1 Å². The summed E-state index contributed by atoms with van der Waals surface area (Å²) >= 11 is 0. The van der Waals surface area contributed by atoms with Crippen LogP contribution in [0.5, 0.6) is 0 Å². The zero-order chi connectivity index (χ0) is 19.7. The second kappa shape index (κ2) is 15.4. The van der Waals surface area contributed by atoms with Gasteiger partial charge in [0.05, 0.1) is 11.5 Å². The lowest BCUT2D eigenvalue weighted by atomic mass is 9.69. The molecule has 0 saturated heterocycles. The van der Waals surface area contributed by atoms with Crippen LogP contribution in [0.4, 0.5) is 0 Å². The van der Waals surface area contributed by atoms with E-state index in [-0.39, 0.29) is 11.3 Å². The minimum absolute atomic E-state index is 0.272. The molecular formula is C24H38N2. The Morgan fingerprint density at radius 3 is 2.50 bits per heavy atom. The van der Waals surface area contributed by atoms with Gasteiger partial charge in [0.25, 0.3) is 0 Å². The Labute approximate surface area is 162 Å². The largest absolute Gasteiger partial charge is 0.316 e. The molecule has 2 nitrogen and oxygen atoms in total. The highest BCUT2D eigenvalue weighted by molar-refractivity contribution is 5.21. The number of nitriles is 1. The molecule has 0 bridgehead atoms. The quantitative estimate of drug-likeness (QED) is 0.219. The monoisotopic (exact) mass is 354 g/mol. The van der Waals surface area contributed by atoms with Gasteiger partial charge >= 0.3 is 0 Å². The SMILES string of the molecule is C=C/C(=C\C=C\C)CCNCCCC(C#N)(CC)C(/C=C/C)C/C=C/C. The maximum Gasteiger partial charge on any atom is 0.0695 e. The van der Waals surface area contributed by atoms with Crippen molar-refractivity contribution in [1.29, 1.82) is 5.26 Å². The van der Waals surface area contributed by atoms with E-state index in [0.29, 0.717) is 0 Å². The van der Waals surface area contributed by atoms with Gasteiger partial charge in [-0.1, -0.05) is 62.1 Å². The highest BCUT2D eigenvalue weighted by Gasteiger charge is 2.34. The third-order valence-electron chi connectivity index (χ3n) is 4.95. The number of rotatable bonds is 14. The summed E-state index contributed by atoms with van der Waals surface area (Å²) in [6.07, 6.45) is 21.4. The van der Waals surface area contributed by atoms with Crippen molar-refractivity contribution in [2.45, 2.75) is 59.8 Å². The van der Waals surface area contributed by atoms with Crippen LogP contribution in [0.1, 0.15) is 59.8 Å². The first-order valence-corrected chi connectivity index (χ1v) is 9.94. The Hall–Kier alpha value is -1.85. The van der Waals surface area contributed by atoms with Crippen LogP contribution in [-0.2, 0) is 0 Å². The van der Waals surface area contributed by atoms with Gasteiger partial charge in [0.1, 0.15) is 0 Å². The van der Waals surface area contributed by atoms with Crippen LogP contribution in [0.3, 0.4) is 0 Å². The summed E-state index contributed by atoms with van der Waals surface area (Å²) in [6.45, 7) is 14.0. The molecule has 0 spiro atoms. The Kier molecular flexibility index (Phi) is 14.3. The second-order valence-electron chi connectivity index (χ2n) is 6.63. The molecule has 0 fully saturated rings. The maximum absolute atomic E-state index is 9.91. The zero-order valence-corrected chi connectivity index (χ0v) is 17.3. The smallest absolute Gasteiger partial charge is 0.0695 e. The van der Waals surface area contributed by atoms with Crippen molar-refractivity contribution in [3.05, 3.63) is 60.8 Å². The van der Waals surface area contributed by atoms with Gasteiger partial charge in [0.15, 0.2) is 0 Å². The number of hydrogen-bond donors (Lipinski definition) is 1. The van der Waals surface area contributed by atoms with Crippen molar-refractivity contribution in [3.63, 3.8) is 0 Å². The predicted molar refractivity (Wildman–Crippen MR) is 116 cm³/mol. The molecule has 0 amide bonds. The van der Waals surface area contributed by atoms with Crippen molar-refractivity contribution in [2.24, 2.45) is 11.3 Å². The van der Waals surface area contributed by atoms with Gasteiger partial charge in [-0.3, -0.25) is 0 Å². The Morgan fingerprint density at radius 1 is 1.19 bits per heavy atom. The van der Waals surface area contributed by atoms with Crippen molar-refractivity contribution < 1.29 is 0 Å². The van der Waals surface area contributed by atoms with Crippen molar-refractivity contribution in [1.82, 2.24) is 5.32 Å². The van der Waals surface area contributed by atoms with E-state index in [1.807, 2.05) is 39.0 Å². The Bertz CT molecular complexity index is 531. The fourth-order valence-corrected chi connectivity index (χ4v) is 3.21. The zero-order valence-electron chi connectivity index (χ0n) is 17.3. The first kappa shape index (κ1) is 24.1. The molecule has 1 N–H and O–H groups in total. The van der Waals surface area contributed by atoms with E-state index in [1.54, 1.807) is 0 Å². The second-order valence-corrected chi connectivity index (χ2v) is 6.63. The molecule has 0 aromatic rings. The third kappa shape index (κ3) is 9.02. The number of nitrogens with one attached hydrogen (secondary N) is 1. The van der Waals surface area contributed by atoms with Gasteiger partial charge in [0, 0.05) is 0 Å². The summed E-state index contributed by atoms with van der Waals surface area (Å²) in [4.78, 5) is 0. The molecule has 144 valence electrons.